The van der Waals surface area contributed by atoms with Gasteiger partial charge in [-0.15, -0.1) is 0 Å². The van der Waals surface area contributed by atoms with Crippen molar-refractivity contribution >= 4 is 0 Å². The van der Waals surface area contributed by atoms with E-state index >= 15 is 0 Å². The van der Waals surface area contributed by atoms with Crippen LogP contribution < -0.4 is 5.32 Å². The molecule has 16 heavy (non-hydrogen) atoms. The smallest absolute Gasteiger partial charge is 0.0223 e. The lowest BCUT2D eigenvalue weighted by Gasteiger charge is -2.09. The van der Waals surface area contributed by atoms with Crippen molar-refractivity contribution in [3.63, 3.8) is 0 Å². The molecule has 1 aromatic rings. The van der Waals surface area contributed by atoms with Crippen LogP contribution in [0.5, 0.6) is 0 Å². The average molecular weight is 216 g/mol. The number of nitrogens with zero attached hydrogens (tertiary/aromatic N) is 1. The summed E-state index contributed by atoms with van der Waals surface area (Å²) in [6.07, 6.45) is 8.96. The second-order valence-corrected chi connectivity index (χ2v) is 6.08. The summed E-state index contributed by atoms with van der Waals surface area (Å²) in [6.45, 7) is 1.07. The molecule has 4 atom stereocenters. The Balaban J connectivity index is 1.37. The molecule has 1 aromatic heterocycles. The van der Waals surface area contributed by atoms with Crippen LogP contribution in [0.4, 0.5) is 0 Å². The fraction of sp³-hybridized carbons (Fsp3) is 0.714. The quantitative estimate of drug-likeness (QED) is 0.819. The molecule has 3 fully saturated rings. The number of hydrogen-bond donors (Lipinski definition) is 1. The molecule has 4 rings (SSSR count). The highest BCUT2D eigenvalue weighted by Gasteiger charge is 2.64. The normalized spacial score (nSPS) is 43.7. The van der Waals surface area contributed by atoms with E-state index in [9.17, 15) is 0 Å². The topological polar surface area (TPSA) is 17.0 Å². The molecule has 0 radical (unpaired) electrons. The highest BCUT2D eigenvalue weighted by atomic mass is 15.0. The van der Waals surface area contributed by atoms with E-state index in [0.717, 1.165) is 36.3 Å². The Morgan fingerprint density at radius 1 is 1.31 bits per heavy atom. The standard InChI is InChI=1S/C14H20N2/c1-16-5-4-9(8-16)7-15-14-12-10-2-3-11(6-10)13(12)14/h4-5,8,10-15H,2-3,6-7H2,1H3. The molecule has 0 saturated heterocycles. The van der Waals surface area contributed by atoms with Crippen LogP contribution in [0.15, 0.2) is 18.5 Å². The maximum absolute atomic E-state index is 3.78. The van der Waals surface area contributed by atoms with Gasteiger partial charge in [-0.3, -0.25) is 0 Å². The molecule has 0 aromatic carbocycles. The van der Waals surface area contributed by atoms with Gasteiger partial charge in [0.25, 0.3) is 0 Å². The zero-order valence-corrected chi connectivity index (χ0v) is 9.89. The molecular formula is C14H20N2. The van der Waals surface area contributed by atoms with Gasteiger partial charge in [-0.05, 0) is 54.6 Å². The molecule has 0 spiro atoms. The fourth-order valence-electron chi connectivity index (χ4n) is 4.50. The van der Waals surface area contributed by atoms with Crippen molar-refractivity contribution in [2.45, 2.75) is 31.8 Å². The summed E-state index contributed by atoms with van der Waals surface area (Å²) >= 11 is 0. The van der Waals surface area contributed by atoms with Gasteiger partial charge in [0.05, 0.1) is 0 Å². The molecule has 2 nitrogen and oxygen atoms in total. The van der Waals surface area contributed by atoms with E-state index in [1.165, 1.54) is 18.4 Å². The first-order valence-electron chi connectivity index (χ1n) is 6.67. The largest absolute Gasteiger partial charge is 0.357 e. The van der Waals surface area contributed by atoms with Gasteiger partial charge in [-0.2, -0.15) is 0 Å². The van der Waals surface area contributed by atoms with E-state index in [2.05, 4.69) is 35.4 Å². The highest BCUT2D eigenvalue weighted by Crippen LogP contribution is 2.65. The van der Waals surface area contributed by atoms with Crippen molar-refractivity contribution in [1.29, 1.82) is 0 Å². The monoisotopic (exact) mass is 216 g/mol. The minimum absolute atomic E-state index is 0.867. The first-order valence-corrected chi connectivity index (χ1v) is 6.67. The number of hydrogen-bond acceptors (Lipinski definition) is 1. The van der Waals surface area contributed by atoms with Gasteiger partial charge in [-0.1, -0.05) is 0 Å². The minimum atomic E-state index is 0.867. The summed E-state index contributed by atoms with van der Waals surface area (Å²) in [5, 5.41) is 3.78. The SMILES string of the molecule is Cn1ccc(CNC2C3C4CCC(C4)C23)c1. The first-order chi connectivity index (χ1) is 7.83. The third kappa shape index (κ3) is 1.22. The predicted octanol–water partition coefficient (Wildman–Crippen LogP) is 2.16. The minimum Gasteiger partial charge on any atom is -0.357 e. The van der Waals surface area contributed by atoms with Crippen LogP contribution in [0.3, 0.4) is 0 Å². The fourth-order valence-corrected chi connectivity index (χ4v) is 4.50. The van der Waals surface area contributed by atoms with Gasteiger partial charge in [0.1, 0.15) is 0 Å². The Bertz CT molecular complexity index is 393. The van der Waals surface area contributed by atoms with Crippen molar-refractivity contribution in [2.24, 2.45) is 30.7 Å². The Hall–Kier alpha value is -0.760. The van der Waals surface area contributed by atoms with Gasteiger partial charge < -0.3 is 9.88 Å². The molecular weight excluding hydrogens is 196 g/mol. The molecule has 0 aliphatic heterocycles. The Morgan fingerprint density at radius 3 is 2.69 bits per heavy atom. The van der Waals surface area contributed by atoms with E-state index in [0.29, 0.717) is 0 Å². The van der Waals surface area contributed by atoms with Crippen LogP contribution in [0.2, 0.25) is 0 Å². The highest BCUT2D eigenvalue weighted by molar-refractivity contribution is 5.18. The van der Waals surface area contributed by atoms with E-state index in [-0.39, 0.29) is 0 Å². The van der Waals surface area contributed by atoms with Crippen molar-refractivity contribution in [1.82, 2.24) is 9.88 Å². The van der Waals surface area contributed by atoms with Crippen molar-refractivity contribution in [3.8, 4) is 0 Å². The molecule has 2 heteroatoms. The van der Waals surface area contributed by atoms with Crippen LogP contribution in [0.1, 0.15) is 24.8 Å². The van der Waals surface area contributed by atoms with Crippen molar-refractivity contribution in [2.75, 3.05) is 0 Å². The van der Waals surface area contributed by atoms with Crippen molar-refractivity contribution in [3.05, 3.63) is 24.0 Å². The summed E-state index contributed by atoms with van der Waals surface area (Å²) < 4.78 is 2.13. The van der Waals surface area contributed by atoms with Gasteiger partial charge in [0.15, 0.2) is 0 Å². The molecule has 86 valence electrons. The van der Waals surface area contributed by atoms with E-state index < -0.39 is 0 Å². The molecule has 3 aliphatic rings. The molecule has 3 saturated carbocycles. The lowest BCUT2D eigenvalue weighted by molar-refractivity contribution is 0.456. The van der Waals surface area contributed by atoms with E-state index in [4.69, 9.17) is 0 Å². The third-order valence-electron chi connectivity index (χ3n) is 5.17. The Kier molecular flexibility index (Phi) is 1.82. The number of aromatic nitrogens is 1. The van der Waals surface area contributed by atoms with Gasteiger partial charge >= 0.3 is 0 Å². The molecule has 1 N–H and O–H groups in total. The summed E-state index contributed by atoms with van der Waals surface area (Å²) in [6, 6.07) is 3.09. The van der Waals surface area contributed by atoms with Crippen LogP contribution >= 0.6 is 0 Å². The third-order valence-corrected chi connectivity index (χ3v) is 5.17. The summed E-state index contributed by atoms with van der Waals surface area (Å²) in [5.74, 6) is 4.29. The summed E-state index contributed by atoms with van der Waals surface area (Å²) in [4.78, 5) is 0. The summed E-state index contributed by atoms with van der Waals surface area (Å²) in [5.41, 5.74) is 1.43. The molecule has 4 unspecified atom stereocenters. The lowest BCUT2D eigenvalue weighted by atomic mass is 10.0. The van der Waals surface area contributed by atoms with Crippen LogP contribution in [-0.4, -0.2) is 10.6 Å². The zero-order chi connectivity index (χ0) is 10.7. The van der Waals surface area contributed by atoms with Crippen molar-refractivity contribution < 1.29 is 0 Å². The lowest BCUT2D eigenvalue weighted by Crippen LogP contribution is -2.22. The second kappa shape index (κ2) is 3.13. The molecule has 0 amide bonds. The zero-order valence-electron chi connectivity index (χ0n) is 9.89. The molecule has 3 aliphatic carbocycles. The first kappa shape index (κ1) is 9.29. The number of fused-ring (bicyclic) bond motifs is 5. The Labute approximate surface area is 97.0 Å². The molecule has 1 heterocycles. The van der Waals surface area contributed by atoms with E-state index in [1.807, 2.05) is 0 Å². The van der Waals surface area contributed by atoms with Gasteiger partial charge in [-0.25, -0.2) is 0 Å². The van der Waals surface area contributed by atoms with Crippen LogP contribution in [0.25, 0.3) is 0 Å². The maximum Gasteiger partial charge on any atom is 0.0223 e. The van der Waals surface area contributed by atoms with E-state index in [1.54, 1.807) is 6.42 Å². The maximum atomic E-state index is 3.78. The summed E-state index contributed by atoms with van der Waals surface area (Å²) in [7, 11) is 2.09. The Morgan fingerprint density at radius 2 is 2.06 bits per heavy atom. The number of aryl methyl sites for hydroxylation is 1. The van der Waals surface area contributed by atoms with Crippen LogP contribution in [0, 0.1) is 23.7 Å². The number of nitrogens with one attached hydrogen (secondary N) is 1. The predicted molar refractivity (Wildman–Crippen MR) is 63.9 cm³/mol. The second-order valence-electron chi connectivity index (χ2n) is 6.08. The number of rotatable bonds is 3. The van der Waals surface area contributed by atoms with Gasteiger partial charge in [0, 0.05) is 32.0 Å². The van der Waals surface area contributed by atoms with Gasteiger partial charge in [0.2, 0.25) is 0 Å². The molecule has 2 bridgehead atoms. The average Bonchev–Trinajstić information content (AvgIpc) is 2.70. The van der Waals surface area contributed by atoms with Crippen LogP contribution in [-0.2, 0) is 13.6 Å².